The van der Waals surface area contributed by atoms with Gasteiger partial charge >= 0.3 is 6.03 Å². The number of halogens is 1. The highest BCUT2D eigenvalue weighted by molar-refractivity contribution is 8.02. The SMILES string of the molecule is CCN1C(=O)C2(SC(C)(C)CN2C(=O)Nc2ccc(Cl)cc2)c2ccccc21. The second-order valence-electron chi connectivity index (χ2n) is 7.60. The number of likely N-dealkylation sites (N-methyl/N-ethyl adjacent to an activating group) is 1. The summed E-state index contributed by atoms with van der Waals surface area (Å²) in [6, 6.07) is 14.4. The monoisotopic (exact) mass is 415 g/mol. The van der Waals surface area contributed by atoms with Crippen molar-refractivity contribution in [2.75, 3.05) is 23.3 Å². The Kier molecular flexibility index (Phi) is 4.59. The molecular weight excluding hydrogens is 394 g/mol. The molecule has 5 nitrogen and oxygen atoms in total. The van der Waals surface area contributed by atoms with Crippen molar-refractivity contribution < 1.29 is 9.59 Å². The van der Waals surface area contributed by atoms with Gasteiger partial charge in [0.1, 0.15) is 0 Å². The van der Waals surface area contributed by atoms with Crippen molar-refractivity contribution in [1.29, 1.82) is 0 Å². The highest BCUT2D eigenvalue weighted by atomic mass is 35.5. The lowest BCUT2D eigenvalue weighted by molar-refractivity contribution is -0.123. The van der Waals surface area contributed by atoms with E-state index in [9.17, 15) is 9.59 Å². The van der Waals surface area contributed by atoms with Crippen LogP contribution in [0.2, 0.25) is 5.02 Å². The number of carbonyl (C=O) groups is 2. The maximum atomic E-state index is 13.6. The number of urea groups is 1. The van der Waals surface area contributed by atoms with E-state index < -0.39 is 4.87 Å². The van der Waals surface area contributed by atoms with Gasteiger partial charge in [-0.2, -0.15) is 0 Å². The van der Waals surface area contributed by atoms with E-state index in [1.165, 1.54) is 0 Å². The summed E-state index contributed by atoms with van der Waals surface area (Å²) in [7, 11) is 0. The highest BCUT2D eigenvalue weighted by Gasteiger charge is 2.63. The Balaban J connectivity index is 1.77. The summed E-state index contributed by atoms with van der Waals surface area (Å²) >= 11 is 7.49. The molecule has 2 aromatic carbocycles. The number of anilines is 2. The van der Waals surface area contributed by atoms with E-state index in [1.54, 1.807) is 45.8 Å². The zero-order chi connectivity index (χ0) is 20.1. The van der Waals surface area contributed by atoms with Crippen LogP contribution in [0.5, 0.6) is 0 Å². The standard InChI is InChI=1S/C21H22ClN3O2S/c1-4-24-17-8-6-5-7-16(17)21(18(24)26)25(13-20(2,3)28-21)19(27)23-15-11-9-14(22)10-12-15/h5-12H,4,13H2,1-3H3,(H,23,27). The summed E-state index contributed by atoms with van der Waals surface area (Å²) in [5.41, 5.74) is 2.40. The largest absolute Gasteiger partial charge is 0.323 e. The number of para-hydroxylation sites is 1. The number of nitrogens with one attached hydrogen (secondary N) is 1. The van der Waals surface area contributed by atoms with Crippen LogP contribution in [0.25, 0.3) is 0 Å². The molecule has 0 aliphatic carbocycles. The molecular formula is C21H22ClN3O2S. The van der Waals surface area contributed by atoms with Crippen LogP contribution in [-0.2, 0) is 9.67 Å². The molecule has 3 amide bonds. The number of nitrogens with zero attached hydrogens (tertiary/aromatic N) is 2. The third kappa shape index (κ3) is 2.86. The Hall–Kier alpha value is -2.18. The van der Waals surface area contributed by atoms with Crippen LogP contribution in [0.3, 0.4) is 0 Å². The first-order valence-corrected chi connectivity index (χ1v) is 10.4. The normalized spacial score (nSPS) is 22.6. The zero-order valence-electron chi connectivity index (χ0n) is 16.0. The minimum absolute atomic E-state index is 0.0574. The molecule has 0 bridgehead atoms. The summed E-state index contributed by atoms with van der Waals surface area (Å²) in [6.07, 6.45) is 0. The van der Waals surface area contributed by atoms with Crippen LogP contribution in [0.1, 0.15) is 26.3 Å². The summed E-state index contributed by atoms with van der Waals surface area (Å²) < 4.78 is -0.260. The molecule has 2 aliphatic rings. The smallest absolute Gasteiger partial charge is 0.309 e. The fraction of sp³-hybridized carbons (Fsp3) is 0.333. The number of hydrogen-bond acceptors (Lipinski definition) is 3. The van der Waals surface area contributed by atoms with Crippen LogP contribution >= 0.6 is 23.4 Å². The van der Waals surface area contributed by atoms with Gasteiger partial charge in [0.05, 0.1) is 5.69 Å². The van der Waals surface area contributed by atoms with E-state index in [2.05, 4.69) is 19.2 Å². The lowest BCUT2D eigenvalue weighted by atomic mass is 10.1. The van der Waals surface area contributed by atoms with Gasteiger partial charge in [-0.3, -0.25) is 9.69 Å². The number of benzene rings is 2. The van der Waals surface area contributed by atoms with Gasteiger partial charge in [-0.15, -0.1) is 11.8 Å². The van der Waals surface area contributed by atoms with Crippen LogP contribution in [-0.4, -0.2) is 34.7 Å². The molecule has 0 radical (unpaired) electrons. The molecule has 2 aliphatic heterocycles. The molecule has 2 aromatic rings. The molecule has 1 unspecified atom stereocenters. The minimum Gasteiger partial charge on any atom is -0.309 e. The predicted molar refractivity (Wildman–Crippen MR) is 115 cm³/mol. The second kappa shape index (κ2) is 6.71. The van der Waals surface area contributed by atoms with E-state index in [-0.39, 0.29) is 16.7 Å². The first kappa shape index (κ1) is 19.2. The summed E-state index contributed by atoms with van der Waals surface area (Å²) in [6.45, 7) is 7.12. The Morgan fingerprint density at radius 2 is 1.86 bits per heavy atom. The van der Waals surface area contributed by atoms with Crippen molar-refractivity contribution in [2.45, 2.75) is 30.4 Å². The first-order valence-electron chi connectivity index (χ1n) is 9.24. The van der Waals surface area contributed by atoms with Gasteiger partial charge in [0, 0.05) is 34.1 Å². The lowest BCUT2D eigenvalue weighted by Crippen LogP contribution is -2.51. The van der Waals surface area contributed by atoms with Crippen molar-refractivity contribution in [2.24, 2.45) is 0 Å². The van der Waals surface area contributed by atoms with E-state index in [1.807, 2.05) is 31.2 Å². The molecule has 1 spiro atoms. The van der Waals surface area contributed by atoms with Crippen molar-refractivity contribution in [3.63, 3.8) is 0 Å². The summed E-state index contributed by atoms with van der Waals surface area (Å²) in [5, 5.41) is 3.53. The van der Waals surface area contributed by atoms with E-state index in [4.69, 9.17) is 11.6 Å². The third-order valence-electron chi connectivity index (χ3n) is 5.09. The van der Waals surface area contributed by atoms with Crippen molar-refractivity contribution >= 4 is 46.7 Å². The Labute approximate surface area is 174 Å². The molecule has 7 heteroatoms. The number of amides is 3. The van der Waals surface area contributed by atoms with Crippen molar-refractivity contribution in [1.82, 2.24) is 4.90 Å². The fourth-order valence-electron chi connectivity index (χ4n) is 3.99. The quantitative estimate of drug-likeness (QED) is 0.757. The fourth-order valence-corrected chi connectivity index (χ4v) is 5.85. The van der Waals surface area contributed by atoms with E-state index >= 15 is 0 Å². The Morgan fingerprint density at radius 1 is 1.18 bits per heavy atom. The van der Waals surface area contributed by atoms with Crippen LogP contribution in [0.4, 0.5) is 16.2 Å². The van der Waals surface area contributed by atoms with Crippen LogP contribution in [0.15, 0.2) is 48.5 Å². The number of carbonyl (C=O) groups excluding carboxylic acids is 2. The highest BCUT2D eigenvalue weighted by Crippen LogP contribution is 2.59. The van der Waals surface area contributed by atoms with Gasteiger partial charge in [-0.1, -0.05) is 29.8 Å². The van der Waals surface area contributed by atoms with Gasteiger partial charge in [0.2, 0.25) is 0 Å². The first-order chi connectivity index (χ1) is 13.3. The van der Waals surface area contributed by atoms with E-state index in [0.717, 1.165) is 11.3 Å². The van der Waals surface area contributed by atoms with Gasteiger partial charge in [0.15, 0.2) is 4.87 Å². The van der Waals surface area contributed by atoms with Crippen molar-refractivity contribution in [3.8, 4) is 0 Å². The number of rotatable bonds is 2. The Morgan fingerprint density at radius 3 is 2.54 bits per heavy atom. The maximum absolute atomic E-state index is 13.6. The van der Waals surface area contributed by atoms with Gasteiger partial charge in [0.25, 0.3) is 5.91 Å². The molecule has 1 saturated heterocycles. The average Bonchev–Trinajstić information content (AvgIpc) is 3.09. The number of fused-ring (bicyclic) bond motifs is 2. The Bertz CT molecular complexity index is 947. The number of hydrogen-bond donors (Lipinski definition) is 1. The minimum atomic E-state index is -1.05. The second-order valence-corrected chi connectivity index (χ2v) is 9.93. The molecule has 1 atom stereocenters. The molecule has 1 fully saturated rings. The van der Waals surface area contributed by atoms with Crippen molar-refractivity contribution in [3.05, 3.63) is 59.1 Å². The lowest BCUT2D eigenvalue weighted by Gasteiger charge is -2.33. The molecule has 28 heavy (non-hydrogen) atoms. The summed E-state index contributed by atoms with van der Waals surface area (Å²) in [5.74, 6) is -0.0574. The van der Waals surface area contributed by atoms with Gasteiger partial charge < -0.3 is 10.2 Å². The van der Waals surface area contributed by atoms with E-state index in [0.29, 0.717) is 23.8 Å². The topological polar surface area (TPSA) is 52.7 Å². The summed E-state index contributed by atoms with van der Waals surface area (Å²) in [4.78, 5) is 29.3. The molecule has 1 N–H and O–H groups in total. The maximum Gasteiger partial charge on any atom is 0.323 e. The van der Waals surface area contributed by atoms with Gasteiger partial charge in [-0.05, 0) is 51.1 Å². The zero-order valence-corrected chi connectivity index (χ0v) is 17.6. The molecule has 4 rings (SSSR count). The average molecular weight is 416 g/mol. The van der Waals surface area contributed by atoms with Crippen LogP contribution in [0, 0.1) is 0 Å². The molecule has 2 heterocycles. The third-order valence-corrected chi connectivity index (χ3v) is 6.94. The molecule has 0 saturated carbocycles. The number of thioether (sulfide) groups is 1. The predicted octanol–water partition coefficient (Wildman–Crippen LogP) is 4.92. The molecule has 146 valence electrons. The van der Waals surface area contributed by atoms with Crippen LogP contribution < -0.4 is 10.2 Å². The van der Waals surface area contributed by atoms with Gasteiger partial charge in [-0.25, -0.2) is 4.79 Å². The molecule has 0 aromatic heterocycles.